The van der Waals surface area contributed by atoms with Crippen LogP contribution < -0.4 is 5.32 Å². The van der Waals surface area contributed by atoms with Crippen molar-refractivity contribution in [1.82, 2.24) is 10.2 Å². The van der Waals surface area contributed by atoms with Gasteiger partial charge >= 0.3 is 0 Å². The first-order valence-corrected chi connectivity index (χ1v) is 7.60. The first-order chi connectivity index (χ1) is 9.49. The molecular weight excluding hydrogens is 248 g/mol. The lowest BCUT2D eigenvalue weighted by Crippen LogP contribution is -2.38. The third kappa shape index (κ3) is 3.40. The maximum Gasteiger partial charge on any atom is 0.238 e. The quantitative estimate of drug-likeness (QED) is 0.894. The van der Waals surface area contributed by atoms with Gasteiger partial charge in [-0.2, -0.15) is 0 Å². The van der Waals surface area contributed by atoms with Crippen LogP contribution in [0.4, 0.5) is 0 Å². The molecule has 3 nitrogen and oxygen atoms in total. The van der Waals surface area contributed by atoms with Gasteiger partial charge in [-0.25, -0.2) is 0 Å². The fourth-order valence-electron chi connectivity index (χ4n) is 2.76. The minimum atomic E-state index is 0.0327. The first-order valence-electron chi connectivity index (χ1n) is 7.60. The summed E-state index contributed by atoms with van der Waals surface area (Å²) in [5.74, 6) is 0.896. The van der Waals surface area contributed by atoms with Crippen LogP contribution in [0.25, 0.3) is 0 Å². The molecular formula is C17H26N2O. The maximum absolute atomic E-state index is 12.2. The van der Waals surface area contributed by atoms with Gasteiger partial charge in [0.1, 0.15) is 6.17 Å². The Labute approximate surface area is 122 Å². The summed E-state index contributed by atoms with van der Waals surface area (Å²) in [5, 5.41) is 3.34. The van der Waals surface area contributed by atoms with Gasteiger partial charge in [-0.15, -0.1) is 0 Å². The molecule has 0 spiro atoms. The van der Waals surface area contributed by atoms with Crippen molar-refractivity contribution in [3.63, 3.8) is 0 Å². The fourth-order valence-corrected chi connectivity index (χ4v) is 2.76. The lowest BCUT2D eigenvalue weighted by Gasteiger charge is -2.31. The molecule has 20 heavy (non-hydrogen) atoms. The SMILES string of the molecule is Cc1ccc(C2NCC(=O)N2C(C)CCC(C)C)cc1. The molecule has 1 saturated heterocycles. The van der Waals surface area contributed by atoms with E-state index in [2.05, 4.69) is 57.3 Å². The van der Waals surface area contributed by atoms with Gasteiger partial charge in [-0.3, -0.25) is 10.1 Å². The topological polar surface area (TPSA) is 32.3 Å². The summed E-state index contributed by atoms with van der Waals surface area (Å²) in [7, 11) is 0. The summed E-state index contributed by atoms with van der Waals surface area (Å²) in [6.45, 7) is 9.15. The van der Waals surface area contributed by atoms with Crippen molar-refractivity contribution < 1.29 is 4.79 Å². The lowest BCUT2D eigenvalue weighted by atomic mass is 10.0. The van der Waals surface area contributed by atoms with E-state index in [1.807, 2.05) is 4.90 Å². The second-order valence-electron chi connectivity index (χ2n) is 6.32. The van der Waals surface area contributed by atoms with Crippen molar-refractivity contribution in [3.05, 3.63) is 35.4 Å². The van der Waals surface area contributed by atoms with Crippen molar-refractivity contribution in [2.45, 2.75) is 52.7 Å². The Balaban J connectivity index is 2.11. The Morgan fingerprint density at radius 2 is 1.85 bits per heavy atom. The standard InChI is InChI=1S/C17H26N2O/c1-12(2)5-8-14(4)19-16(20)11-18-17(19)15-9-6-13(3)7-10-15/h6-7,9-10,12,14,17-18H,5,8,11H2,1-4H3. The molecule has 1 aliphatic heterocycles. The van der Waals surface area contributed by atoms with E-state index >= 15 is 0 Å². The molecule has 0 aromatic heterocycles. The Bertz CT molecular complexity index is 453. The molecule has 0 saturated carbocycles. The Morgan fingerprint density at radius 1 is 1.20 bits per heavy atom. The first kappa shape index (κ1) is 15.0. The number of benzene rings is 1. The molecule has 1 heterocycles. The van der Waals surface area contributed by atoms with Crippen LogP contribution in [0.2, 0.25) is 0 Å². The molecule has 2 unspecified atom stereocenters. The van der Waals surface area contributed by atoms with Gasteiger partial charge in [0, 0.05) is 6.04 Å². The van der Waals surface area contributed by atoms with Crippen LogP contribution in [-0.2, 0) is 4.79 Å². The molecule has 1 fully saturated rings. The zero-order valence-electron chi connectivity index (χ0n) is 13.0. The van der Waals surface area contributed by atoms with E-state index in [0.717, 1.165) is 12.8 Å². The number of hydrogen-bond donors (Lipinski definition) is 1. The number of rotatable bonds is 5. The summed E-state index contributed by atoms with van der Waals surface area (Å²) in [6, 6.07) is 8.74. The van der Waals surface area contributed by atoms with E-state index in [1.165, 1.54) is 11.1 Å². The molecule has 1 aliphatic rings. The average molecular weight is 274 g/mol. The molecule has 1 aromatic rings. The number of amides is 1. The minimum Gasteiger partial charge on any atom is -0.319 e. The zero-order chi connectivity index (χ0) is 14.7. The second-order valence-corrected chi connectivity index (χ2v) is 6.32. The number of hydrogen-bond acceptors (Lipinski definition) is 2. The van der Waals surface area contributed by atoms with E-state index in [4.69, 9.17) is 0 Å². The van der Waals surface area contributed by atoms with Crippen molar-refractivity contribution in [2.24, 2.45) is 5.92 Å². The molecule has 2 rings (SSSR count). The minimum absolute atomic E-state index is 0.0327. The van der Waals surface area contributed by atoms with Gasteiger partial charge in [-0.05, 0) is 38.2 Å². The highest BCUT2D eigenvalue weighted by Gasteiger charge is 2.34. The molecule has 3 heteroatoms. The molecule has 1 aromatic carbocycles. The van der Waals surface area contributed by atoms with Gasteiger partial charge in [-0.1, -0.05) is 43.7 Å². The Hall–Kier alpha value is -1.35. The summed E-state index contributed by atoms with van der Waals surface area (Å²) in [5.41, 5.74) is 2.43. The lowest BCUT2D eigenvalue weighted by molar-refractivity contribution is -0.130. The number of carbonyl (C=O) groups is 1. The fraction of sp³-hybridized carbons (Fsp3) is 0.588. The monoisotopic (exact) mass is 274 g/mol. The van der Waals surface area contributed by atoms with E-state index < -0.39 is 0 Å². The normalized spacial score (nSPS) is 20.8. The van der Waals surface area contributed by atoms with Crippen LogP contribution in [-0.4, -0.2) is 23.4 Å². The van der Waals surface area contributed by atoms with Crippen molar-refractivity contribution in [3.8, 4) is 0 Å². The zero-order valence-corrected chi connectivity index (χ0v) is 13.0. The third-order valence-electron chi connectivity index (χ3n) is 4.04. The van der Waals surface area contributed by atoms with Gasteiger partial charge in [0.2, 0.25) is 5.91 Å². The average Bonchev–Trinajstić information content (AvgIpc) is 2.79. The van der Waals surface area contributed by atoms with Crippen LogP contribution in [0.5, 0.6) is 0 Å². The molecule has 0 bridgehead atoms. The summed E-state index contributed by atoms with van der Waals surface area (Å²) < 4.78 is 0. The van der Waals surface area contributed by atoms with Crippen molar-refractivity contribution in [1.29, 1.82) is 0 Å². The summed E-state index contributed by atoms with van der Waals surface area (Å²) in [6.07, 6.45) is 2.25. The van der Waals surface area contributed by atoms with E-state index in [9.17, 15) is 4.79 Å². The van der Waals surface area contributed by atoms with Gasteiger partial charge in [0.15, 0.2) is 0 Å². The molecule has 0 aliphatic carbocycles. The number of nitrogens with one attached hydrogen (secondary N) is 1. The molecule has 2 atom stereocenters. The van der Waals surface area contributed by atoms with E-state index in [1.54, 1.807) is 0 Å². The second kappa shape index (κ2) is 6.40. The van der Waals surface area contributed by atoms with Gasteiger partial charge in [0.25, 0.3) is 0 Å². The highest BCUT2D eigenvalue weighted by molar-refractivity contribution is 5.81. The van der Waals surface area contributed by atoms with Crippen LogP contribution in [0, 0.1) is 12.8 Å². The van der Waals surface area contributed by atoms with Gasteiger partial charge in [0.05, 0.1) is 6.54 Å². The molecule has 0 radical (unpaired) electrons. The van der Waals surface area contributed by atoms with Crippen LogP contribution in [0.1, 0.15) is 50.9 Å². The van der Waals surface area contributed by atoms with Crippen molar-refractivity contribution in [2.75, 3.05) is 6.54 Å². The molecule has 1 amide bonds. The van der Waals surface area contributed by atoms with Crippen molar-refractivity contribution >= 4 is 5.91 Å². The largest absolute Gasteiger partial charge is 0.319 e. The number of aryl methyl sites for hydroxylation is 1. The Kier molecular flexibility index (Phi) is 4.81. The predicted octanol–water partition coefficient (Wildman–Crippen LogP) is 3.25. The van der Waals surface area contributed by atoms with Crippen LogP contribution in [0.3, 0.4) is 0 Å². The smallest absolute Gasteiger partial charge is 0.238 e. The summed E-state index contributed by atoms with van der Waals surface area (Å²) >= 11 is 0. The van der Waals surface area contributed by atoms with Gasteiger partial charge < -0.3 is 4.90 Å². The van der Waals surface area contributed by atoms with E-state index in [0.29, 0.717) is 12.5 Å². The predicted molar refractivity (Wildman–Crippen MR) is 82.3 cm³/mol. The molecule has 1 N–H and O–H groups in total. The van der Waals surface area contributed by atoms with Crippen LogP contribution in [0.15, 0.2) is 24.3 Å². The number of carbonyl (C=O) groups excluding carboxylic acids is 1. The molecule has 110 valence electrons. The Morgan fingerprint density at radius 3 is 2.45 bits per heavy atom. The third-order valence-corrected chi connectivity index (χ3v) is 4.04. The summed E-state index contributed by atoms with van der Waals surface area (Å²) in [4.78, 5) is 14.2. The van der Waals surface area contributed by atoms with Crippen LogP contribution >= 0.6 is 0 Å². The highest BCUT2D eigenvalue weighted by atomic mass is 16.2. The number of nitrogens with zero attached hydrogens (tertiary/aromatic N) is 1. The van der Waals surface area contributed by atoms with E-state index in [-0.39, 0.29) is 18.1 Å². The highest BCUT2D eigenvalue weighted by Crippen LogP contribution is 2.27. The maximum atomic E-state index is 12.2.